The average molecular weight is 252 g/mol. The van der Waals surface area contributed by atoms with Gasteiger partial charge in [0, 0.05) is 31.2 Å². The van der Waals surface area contributed by atoms with Gasteiger partial charge in [0.05, 0.1) is 0 Å². The van der Waals surface area contributed by atoms with Gasteiger partial charge in [0.25, 0.3) is 0 Å². The molecule has 1 heterocycles. The summed E-state index contributed by atoms with van der Waals surface area (Å²) >= 11 is 0. The van der Waals surface area contributed by atoms with Crippen LogP contribution in [0.5, 0.6) is 0 Å². The molecule has 1 aliphatic carbocycles. The Kier molecular flexibility index (Phi) is 3.08. The fourth-order valence-corrected chi connectivity index (χ4v) is 3.44. The molecule has 1 aromatic rings. The molecule has 0 amide bonds. The third kappa shape index (κ3) is 2.04. The molecule has 4 heteroatoms. The van der Waals surface area contributed by atoms with Crippen molar-refractivity contribution in [3.05, 3.63) is 35.4 Å². The summed E-state index contributed by atoms with van der Waals surface area (Å²) in [4.78, 5) is 2.20. The third-order valence-corrected chi connectivity index (χ3v) is 4.41. The monoisotopic (exact) mass is 252 g/mol. The van der Waals surface area contributed by atoms with E-state index in [0.29, 0.717) is 23.9 Å². The normalized spacial score (nSPS) is 31.8. The van der Waals surface area contributed by atoms with Crippen LogP contribution in [-0.4, -0.2) is 24.0 Å². The highest BCUT2D eigenvalue weighted by molar-refractivity contribution is 5.19. The molecule has 0 spiro atoms. The van der Waals surface area contributed by atoms with Crippen molar-refractivity contribution in [1.82, 2.24) is 4.90 Å². The van der Waals surface area contributed by atoms with Gasteiger partial charge in [0.2, 0.25) is 0 Å². The maximum atomic E-state index is 13.6. The minimum atomic E-state index is -0.761. The molecular formula is C14H18F2N2. The number of rotatable bonds is 2. The zero-order valence-corrected chi connectivity index (χ0v) is 10.3. The lowest BCUT2D eigenvalue weighted by Crippen LogP contribution is -2.30. The van der Waals surface area contributed by atoms with Crippen molar-refractivity contribution >= 4 is 0 Å². The van der Waals surface area contributed by atoms with Gasteiger partial charge in [-0.05, 0) is 30.7 Å². The smallest absolute Gasteiger partial charge is 0.163 e. The zero-order valence-electron chi connectivity index (χ0n) is 10.3. The summed E-state index contributed by atoms with van der Waals surface area (Å²) in [5.41, 5.74) is 6.52. The van der Waals surface area contributed by atoms with E-state index in [1.54, 1.807) is 12.1 Å². The Morgan fingerprint density at radius 2 is 2.06 bits per heavy atom. The van der Waals surface area contributed by atoms with E-state index in [1.165, 1.54) is 6.42 Å². The Balaban J connectivity index is 1.70. The molecule has 1 aromatic carbocycles. The van der Waals surface area contributed by atoms with Crippen LogP contribution in [0.3, 0.4) is 0 Å². The van der Waals surface area contributed by atoms with E-state index in [9.17, 15) is 8.78 Å². The van der Waals surface area contributed by atoms with Crippen LogP contribution >= 0.6 is 0 Å². The number of likely N-dealkylation sites (tertiary alicyclic amines) is 1. The van der Waals surface area contributed by atoms with E-state index in [-0.39, 0.29) is 6.04 Å². The lowest BCUT2D eigenvalue weighted by molar-refractivity contribution is 0.292. The highest BCUT2D eigenvalue weighted by Gasteiger charge is 2.40. The Morgan fingerprint density at radius 1 is 1.22 bits per heavy atom. The van der Waals surface area contributed by atoms with Gasteiger partial charge in [0.15, 0.2) is 11.6 Å². The molecule has 3 rings (SSSR count). The molecule has 2 N–H and O–H groups in total. The summed E-state index contributed by atoms with van der Waals surface area (Å²) in [5, 5.41) is 0. The number of halogens is 2. The van der Waals surface area contributed by atoms with E-state index in [2.05, 4.69) is 4.90 Å². The number of fused-ring (bicyclic) bond motifs is 1. The second-order valence-electron chi connectivity index (χ2n) is 5.57. The maximum absolute atomic E-state index is 13.6. The van der Waals surface area contributed by atoms with Crippen LogP contribution in [0.25, 0.3) is 0 Å². The third-order valence-electron chi connectivity index (χ3n) is 4.41. The van der Waals surface area contributed by atoms with Crippen LogP contribution in [0.4, 0.5) is 8.78 Å². The van der Waals surface area contributed by atoms with E-state index >= 15 is 0 Å². The topological polar surface area (TPSA) is 29.3 Å². The summed E-state index contributed by atoms with van der Waals surface area (Å²) in [6, 6.07) is 4.67. The number of nitrogens with zero attached hydrogens (tertiary/aromatic N) is 1. The van der Waals surface area contributed by atoms with Gasteiger partial charge in [-0.25, -0.2) is 8.78 Å². The fourth-order valence-electron chi connectivity index (χ4n) is 3.44. The van der Waals surface area contributed by atoms with E-state index in [1.807, 2.05) is 0 Å². The van der Waals surface area contributed by atoms with Crippen molar-refractivity contribution < 1.29 is 8.78 Å². The van der Waals surface area contributed by atoms with E-state index in [4.69, 9.17) is 5.73 Å². The first-order chi connectivity index (χ1) is 8.65. The van der Waals surface area contributed by atoms with E-state index in [0.717, 1.165) is 25.6 Å². The Bertz CT molecular complexity index is 449. The molecule has 98 valence electrons. The summed E-state index contributed by atoms with van der Waals surface area (Å²) in [6.45, 7) is 2.37. The number of benzene rings is 1. The SMILES string of the molecule is NC1CCC2CN(Cc3cccc(F)c3F)CC12. The molecule has 2 fully saturated rings. The predicted molar refractivity (Wildman–Crippen MR) is 65.8 cm³/mol. The predicted octanol–water partition coefficient (Wildman–Crippen LogP) is 2.13. The molecular weight excluding hydrogens is 234 g/mol. The van der Waals surface area contributed by atoms with Gasteiger partial charge in [-0.15, -0.1) is 0 Å². The van der Waals surface area contributed by atoms with Crippen molar-refractivity contribution in [1.29, 1.82) is 0 Å². The molecule has 1 saturated heterocycles. The van der Waals surface area contributed by atoms with Crippen LogP contribution in [0, 0.1) is 23.5 Å². The van der Waals surface area contributed by atoms with Crippen molar-refractivity contribution in [2.24, 2.45) is 17.6 Å². The number of hydrogen-bond acceptors (Lipinski definition) is 2. The fraction of sp³-hybridized carbons (Fsp3) is 0.571. The molecule has 0 bridgehead atoms. The molecule has 0 radical (unpaired) electrons. The van der Waals surface area contributed by atoms with Crippen LogP contribution in [0.15, 0.2) is 18.2 Å². The molecule has 2 nitrogen and oxygen atoms in total. The van der Waals surface area contributed by atoms with Crippen LogP contribution in [0.1, 0.15) is 18.4 Å². The second-order valence-corrected chi connectivity index (χ2v) is 5.57. The van der Waals surface area contributed by atoms with Crippen molar-refractivity contribution in [2.45, 2.75) is 25.4 Å². The quantitative estimate of drug-likeness (QED) is 0.873. The van der Waals surface area contributed by atoms with Crippen molar-refractivity contribution in [3.63, 3.8) is 0 Å². The lowest BCUT2D eigenvalue weighted by atomic mass is 9.98. The molecule has 2 aliphatic rings. The summed E-state index contributed by atoms with van der Waals surface area (Å²) < 4.78 is 26.7. The summed E-state index contributed by atoms with van der Waals surface area (Å²) in [7, 11) is 0. The van der Waals surface area contributed by atoms with Crippen LogP contribution in [-0.2, 0) is 6.54 Å². The Labute approximate surface area is 106 Å². The molecule has 1 saturated carbocycles. The number of hydrogen-bond donors (Lipinski definition) is 1. The molecule has 1 aliphatic heterocycles. The van der Waals surface area contributed by atoms with Crippen LogP contribution in [0.2, 0.25) is 0 Å². The van der Waals surface area contributed by atoms with Crippen molar-refractivity contribution in [2.75, 3.05) is 13.1 Å². The Morgan fingerprint density at radius 3 is 2.83 bits per heavy atom. The minimum Gasteiger partial charge on any atom is -0.327 e. The molecule has 0 aromatic heterocycles. The van der Waals surface area contributed by atoms with Gasteiger partial charge in [-0.2, -0.15) is 0 Å². The molecule has 3 unspecified atom stereocenters. The first kappa shape index (κ1) is 12.1. The van der Waals surface area contributed by atoms with Crippen molar-refractivity contribution in [3.8, 4) is 0 Å². The maximum Gasteiger partial charge on any atom is 0.163 e. The van der Waals surface area contributed by atoms with Crippen LogP contribution < -0.4 is 5.73 Å². The molecule has 3 atom stereocenters. The summed E-state index contributed by atoms with van der Waals surface area (Å²) in [6.07, 6.45) is 2.28. The second kappa shape index (κ2) is 4.59. The van der Waals surface area contributed by atoms with Gasteiger partial charge < -0.3 is 5.73 Å². The lowest BCUT2D eigenvalue weighted by Gasteiger charge is -2.18. The highest BCUT2D eigenvalue weighted by Crippen LogP contribution is 2.37. The minimum absolute atomic E-state index is 0.289. The van der Waals surface area contributed by atoms with Gasteiger partial charge in [-0.3, -0.25) is 4.90 Å². The first-order valence-corrected chi connectivity index (χ1v) is 6.56. The standard InChI is InChI=1S/C14H18F2N2/c15-12-3-1-2-10(14(12)16)7-18-6-9-4-5-13(17)11(9)8-18/h1-3,9,11,13H,4-8,17H2. The number of nitrogens with two attached hydrogens (primary N) is 1. The largest absolute Gasteiger partial charge is 0.327 e. The summed E-state index contributed by atoms with van der Waals surface area (Å²) in [5.74, 6) is -0.277. The van der Waals surface area contributed by atoms with Gasteiger partial charge in [-0.1, -0.05) is 12.1 Å². The molecule has 18 heavy (non-hydrogen) atoms. The highest BCUT2D eigenvalue weighted by atomic mass is 19.2. The average Bonchev–Trinajstić information content (AvgIpc) is 2.88. The van der Waals surface area contributed by atoms with E-state index < -0.39 is 11.6 Å². The Hall–Kier alpha value is -1.00. The first-order valence-electron chi connectivity index (χ1n) is 6.56. The van der Waals surface area contributed by atoms with Gasteiger partial charge in [0.1, 0.15) is 0 Å². The van der Waals surface area contributed by atoms with Gasteiger partial charge >= 0.3 is 0 Å². The zero-order chi connectivity index (χ0) is 12.7.